The summed E-state index contributed by atoms with van der Waals surface area (Å²) in [6, 6.07) is 6.46. The molecule has 4 saturated carbocycles. The average Bonchev–Trinajstić information content (AvgIpc) is 2.94. The number of thiazole rings is 1. The summed E-state index contributed by atoms with van der Waals surface area (Å²) in [6.45, 7) is 4.41. The van der Waals surface area contributed by atoms with Crippen molar-refractivity contribution in [2.75, 3.05) is 5.32 Å². The number of benzene rings is 1. The molecule has 4 heteroatoms. The Labute approximate surface area is 153 Å². The van der Waals surface area contributed by atoms with Gasteiger partial charge in [-0.2, -0.15) is 0 Å². The zero-order valence-electron chi connectivity index (χ0n) is 15.0. The quantitative estimate of drug-likeness (QED) is 0.782. The van der Waals surface area contributed by atoms with Gasteiger partial charge >= 0.3 is 0 Å². The number of amides is 1. The Morgan fingerprint density at radius 3 is 2.40 bits per heavy atom. The Morgan fingerprint density at radius 2 is 1.80 bits per heavy atom. The van der Waals surface area contributed by atoms with Gasteiger partial charge in [-0.1, -0.05) is 31.3 Å². The molecule has 4 bridgehead atoms. The molecule has 4 fully saturated rings. The smallest absolute Gasteiger partial charge is 0.232 e. The molecule has 0 aliphatic heterocycles. The first-order valence-corrected chi connectivity index (χ1v) is 10.5. The Hall–Kier alpha value is -1.42. The Morgan fingerprint density at radius 1 is 1.16 bits per heavy atom. The van der Waals surface area contributed by atoms with Crippen LogP contribution in [0.1, 0.15) is 63.9 Å². The minimum absolute atomic E-state index is 0.101. The van der Waals surface area contributed by atoms with E-state index in [0.29, 0.717) is 5.92 Å². The van der Waals surface area contributed by atoms with E-state index in [0.717, 1.165) is 47.7 Å². The van der Waals surface area contributed by atoms with Gasteiger partial charge in [0.2, 0.25) is 5.91 Å². The highest BCUT2D eigenvalue weighted by Gasteiger charge is 2.54. The van der Waals surface area contributed by atoms with Crippen LogP contribution in [0.3, 0.4) is 0 Å². The van der Waals surface area contributed by atoms with E-state index in [9.17, 15) is 4.79 Å². The first-order valence-electron chi connectivity index (χ1n) is 9.73. The highest BCUT2D eigenvalue weighted by atomic mass is 32.1. The maximum atomic E-state index is 13.2. The lowest BCUT2D eigenvalue weighted by atomic mass is 9.49. The van der Waals surface area contributed by atoms with E-state index in [1.54, 1.807) is 11.3 Å². The topological polar surface area (TPSA) is 42.0 Å². The Bertz CT molecular complexity index is 802. The van der Waals surface area contributed by atoms with Crippen molar-refractivity contribution in [2.45, 2.75) is 58.3 Å². The van der Waals surface area contributed by atoms with Crippen molar-refractivity contribution >= 4 is 32.6 Å². The molecule has 1 heterocycles. The van der Waals surface area contributed by atoms with Crippen molar-refractivity contribution in [3.63, 3.8) is 0 Å². The molecule has 25 heavy (non-hydrogen) atoms. The number of anilines is 1. The lowest BCUT2D eigenvalue weighted by molar-refractivity contribution is -0.140. The molecule has 3 nitrogen and oxygen atoms in total. The number of hydrogen-bond acceptors (Lipinski definition) is 3. The molecule has 1 aromatic heterocycles. The first kappa shape index (κ1) is 15.8. The van der Waals surface area contributed by atoms with Gasteiger partial charge in [-0.15, -0.1) is 0 Å². The van der Waals surface area contributed by atoms with Crippen molar-refractivity contribution in [1.29, 1.82) is 0 Å². The highest BCUT2D eigenvalue weighted by molar-refractivity contribution is 7.22. The van der Waals surface area contributed by atoms with Crippen LogP contribution in [0.25, 0.3) is 10.2 Å². The monoisotopic (exact) mass is 354 g/mol. The van der Waals surface area contributed by atoms with Crippen molar-refractivity contribution in [2.24, 2.45) is 23.2 Å². The molecule has 1 aromatic carbocycles. The third-order valence-corrected chi connectivity index (χ3v) is 7.75. The van der Waals surface area contributed by atoms with E-state index in [4.69, 9.17) is 0 Å². The van der Waals surface area contributed by atoms with Crippen molar-refractivity contribution in [3.8, 4) is 0 Å². The van der Waals surface area contributed by atoms with Gasteiger partial charge in [0, 0.05) is 0 Å². The minimum Gasteiger partial charge on any atom is -0.301 e. The first-order chi connectivity index (χ1) is 12.0. The summed E-state index contributed by atoms with van der Waals surface area (Å²) in [7, 11) is 0. The summed E-state index contributed by atoms with van der Waals surface area (Å²) in [4.78, 5) is 17.8. The molecule has 4 aliphatic rings. The SMILES string of the molecule is CC(C)c1ccc2nc(NC(=O)C34CC5CC(CC(C5)C3)C4)sc2c1. The van der Waals surface area contributed by atoms with Crippen LogP contribution < -0.4 is 5.32 Å². The third kappa shape index (κ3) is 2.61. The standard InChI is InChI=1S/C21H26N2OS/c1-12(2)16-3-4-17-18(8-16)25-20(22-17)23-19(24)21-9-13-5-14(10-21)7-15(6-13)11-21/h3-4,8,12-15H,5-7,9-11H2,1-2H3,(H,22,23,24). The lowest BCUT2D eigenvalue weighted by Crippen LogP contribution is -2.51. The molecule has 1 amide bonds. The lowest BCUT2D eigenvalue weighted by Gasteiger charge is -2.55. The molecule has 4 aliphatic carbocycles. The molecule has 2 aromatic rings. The molecule has 0 saturated heterocycles. The van der Waals surface area contributed by atoms with Gasteiger partial charge in [0.1, 0.15) is 0 Å². The highest BCUT2D eigenvalue weighted by Crippen LogP contribution is 2.60. The zero-order chi connectivity index (χ0) is 17.2. The fourth-order valence-electron chi connectivity index (χ4n) is 5.97. The van der Waals surface area contributed by atoms with Crippen LogP contribution in [0.15, 0.2) is 18.2 Å². The van der Waals surface area contributed by atoms with Gasteiger partial charge in [0.25, 0.3) is 0 Å². The maximum absolute atomic E-state index is 13.2. The van der Waals surface area contributed by atoms with Gasteiger partial charge < -0.3 is 5.32 Å². The Balaban J connectivity index is 1.40. The number of carbonyl (C=O) groups is 1. The zero-order valence-corrected chi connectivity index (χ0v) is 15.9. The molecular weight excluding hydrogens is 328 g/mol. The fraction of sp³-hybridized carbons (Fsp3) is 0.619. The normalized spacial score (nSPS) is 33.3. The summed E-state index contributed by atoms with van der Waals surface area (Å²) < 4.78 is 1.17. The molecule has 1 N–H and O–H groups in total. The number of rotatable bonds is 3. The molecule has 0 spiro atoms. The second-order valence-electron chi connectivity index (χ2n) is 9.05. The van der Waals surface area contributed by atoms with Gasteiger partial charge in [0.15, 0.2) is 5.13 Å². The number of hydrogen-bond donors (Lipinski definition) is 1. The van der Waals surface area contributed by atoms with Crippen LogP contribution >= 0.6 is 11.3 Å². The minimum atomic E-state index is -0.101. The van der Waals surface area contributed by atoms with Crippen LogP contribution in [0.2, 0.25) is 0 Å². The van der Waals surface area contributed by atoms with Crippen molar-refractivity contribution in [3.05, 3.63) is 23.8 Å². The average molecular weight is 355 g/mol. The van der Waals surface area contributed by atoms with E-state index in [2.05, 4.69) is 42.3 Å². The molecular formula is C21H26N2OS. The van der Waals surface area contributed by atoms with Crippen LogP contribution in [0.4, 0.5) is 5.13 Å². The number of aromatic nitrogens is 1. The van der Waals surface area contributed by atoms with E-state index in [1.807, 2.05) is 0 Å². The second-order valence-corrected chi connectivity index (χ2v) is 10.1. The van der Waals surface area contributed by atoms with Crippen LogP contribution in [0.5, 0.6) is 0 Å². The predicted octanol–water partition coefficient (Wildman–Crippen LogP) is 5.57. The fourth-order valence-corrected chi connectivity index (χ4v) is 6.88. The van der Waals surface area contributed by atoms with E-state index >= 15 is 0 Å². The number of fused-ring (bicyclic) bond motifs is 1. The van der Waals surface area contributed by atoms with Gasteiger partial charge in [-0.25, -0.2) is 4.98 Å². The molecule has 0 radical (unpaired) electrons. The summed E-state index contributed by atoms with van der Waals surface area (Å²) in [5.41, 5.74) is 2.22. The van der Waals surface area contributed by atoms with E-state index < -0.39 is 0 Å². The van der Waals surface area contributed by atoms with Gasteiger partial charge in [-0.3, -0.25) is 4.79 Å². The van der Waals surface area contributed by atoms with Gasteiger partial charge in [0.05, 0.1) is 15.6 Å². The largest absolute Gasteiger partial charge is 0.301 e. The van der Waals surface area contributed by atoms with E-state index in [1.165, 1.54) is 29.5 Å². The summed E-state index contributed by atoms with van der Waals surface area (Å²) in [5, 5.41) is 3.98. The summed E-state index contributed by atoms with van der Waals surface area (Å²) in [6.07, 6.45) is 7.41. The summed E-state index contributed by atoms with van der Waals surface area (Å²) in [5.74, 6) is 3.13. The predicted molar refractivity (Wildman–Crippen MR) is 103 cm³/mol. The van der Waals surface area contributed by atoms with Crippen LogP contribution in [0, 0.1) is 23.2 Å². The third-order valence-electron chi connectivity index (χ3n) is 6.82. The number of nitrogens with one attached hydrogen (secondary N) is 1. The van der Waals surface area contributed by atoms with Crippen LogP contribution in [-0.4, -0.2) is 10.9 Å². The Kier molecular flexibility index (Phi) is 3.50. The molecule has 132 valence electrons. The van der Waals surface area contributed by atoms with Crippen molar-refractivity contribution < 1.29 is 4.79 Å². The van der Waals surface area contributed by atoms with Gasteiger partial charge in [-0.05, 0) is 79.9 Å². The van der Waals surface area contributed by atoms with Crippen molar-refractivity contribution in [1.82, 2.24) is 4.98 Å². The molecule has 0 atom stereocenters. The van der Waals surface area contributed by atoms with Crippen LogP contribution in [-0.2, 0) is 4.79 Å². The number of carbonyl (C=O) groups excluding carboxylic acids is 1. The number of nitrogens with zero attached hydrogens (tertiary/aromatic N) is 1. The molecule has 0 unspecified atom stereocenters. The van der Waals surface area contributed by atoms with E-state index in [-0.39, 0.29) is 11.3 Å². The molecule has 6 rings (SSSR count). The maximum Gasteiger partial charge on any atom is 0.232 e. The second kappa shape index (κ2) is 5.54. The summed E-state index contributed by atoms with van der Waals surface area (Å²) >= 11 is 1.62.